The van der Waals surface area contributed by atoms with Gasteiger partial charge < -0.3 is 10.2 Å². The van der Waals surface area contributed by atoms with Gasteiger partial charge in [-0.2, -0.15) is 0 Å². The molecule has 3 rings (SSSR count). The van der Waals surface area contributed by atoms with Gasteiger partial charge in [-0.05, 0) is 37.5 Å². The molecule has 1 aromatic carbocycles. The van der Waals surface area contributed by atoms with Crippen LogP contribution in [-0.2, 0) is 0 Å². The standard InChI is InChI=1S/C16H17ClN4O/c1-11-4-5-13(17)8-14(11)20-15(22)12-9-18-16(19-10-12)21-6-2-3-7-21/h4-5,8-10H,2-3,6-7H2,1H3,(H,20,22). The maximum atomic E-state index is 12.3. The molecule has 1 N–H and O–H groups in total. The van der Waals surface area contributed by atoms with Crippen LogP contribution in [0.1, 0.15) is 28.8 Å². The van der Waals surface area contributed by atoms with Crippen molar-refractivity contribution in [3.63, 3.8) is 0 Å². The first-order valence-corrected chi connectivity index (χ1v) is 7.66. The highest BCUT2D eigenvalue weighted by Gasteiger charge is 2.16. The van der Waals surface area contributed by atoms with E-state index in [4.69, 9.17) is 11.6 Å². The van der Waals surface area contributed by atoms with Crippen molar-refractivity contribution >= 4 is 29.1 Å². The van der Waals surface area contributed by atoms with E-state index in [1.165, 1.54) is 12.8 Å². The molecule has 0 atom stereocenters. The van der Waals surface area contributed by atoms with Crippen molar-refractivity contribution in [1.29, 1.82) is 0 Å². The molecule has 1 fully saturated rings. The third-order valence-corrected chi connectivity index (χ3v) is 3.97. The maximum absolute atomic E-state index is 12.3. The normalized spacial score (nSPS) is 14.2. The summed E-state index contributed by atoms with van der Waals surface area (Å²) in [4.78, 5) is 23.0. The molecular weight excluding hydrogens is 300 g/mol. The predicted octanol–water partition coefficient (Wildman–Crippen LogP) is 3.29. The van der Waals surface area contributed by atoms with Crippen LogP contribution in [0.2, 0.25) is 5.02 Å². The molecule has 0 spiro atoms. The molecule has 2 heterocycles. The van der Waals surface area contributed by atoms with Crippen LogP contribution in [-0.4, -0.2) is 29.0 Å². The first-order chi connectivity index (χ1) is 10.6. The highest BCUT2D eigenvalue weighted by Crippen LogP contribution is 2.21. The lowest BCUT2D eigenvalue weighted by molar-refractivity contribution is 0.102. The zero-order chi connectivity index (χ0) is 15.5. The summed E-state index contributed by atoms with van der Waals surface area (Å²) in [5, 5.41) is 3.42. The fourth-order valence-electron chi connectivity index (χ4n) is 2.44. The van der Waals surface area contributed by atoms with Gasteiger partial charge in [0.05, 0.1) is 5.56 Å². The highest BCUT2D eigenvalue weighted by atomic mass is 35.5. The SMILES string of the molecule is Cc1ccc(Cl)cc1NC(=O)c1cnc(N2CCCC2)nc1. The summed E-state index contributed by atoms with van der Waals surface area (Å²) in [5.74, 6) is 0.450. The Balaban J connectivity index is 1.73. The largest absolute Gasteiger partial charge is 0.341 e. The summed E-state index contributed by atoms with van der Waals surface area (Å²) in [7, 11) is 0. The Morgan fingerprint density at radius 3 is 2.59 bits per heavy atom. The molecule has 22 heavy (non-hydrogen) atoms. The van der Waals surface area contributed by atoms with Crippen LogP contribution < -0.4 is 10.2 Å². The fraction of sp³-hybridized carbons (Fsp3) is 0.312. The molecule has 1 saturated heterocycles. The van der Waals surface area contributed by atoms with E-state index in [2.05, 4.69) is 20.2 Å². The van der Waals surface area contributed by atoms with E-state index >= 15 is 0 Å². The molecular formula is C16H17ClN4O. The Morgan fingerprint density at radius 2 is 1.91 bits per heavy atom. The number of carbonyl (C=O) groups excluding carboxylic acids is 1. The summed E-state index contributed by atoms with van der Waals surface area (Å²) < 4.78 is 0. The molecule has 2 aromatic rings. The Kier molecular flexibility index (Phi) is 4.24. The minimum Gasteiger partial charge on any atom is -0.341 e. The third kappa shape index (κ3) is 3.20. The van der Waals surface area contributed by atoms with Crippen molar-refractivity contribution in [2.24, 2.45) is 0 Å². The topological polar surface area (TPSA) is 58.1 Å². The average Bonchev–Trinajstić information content (AvgIpc) is 3.05. The number of hydrogen-bond acceptors (Lipinski definition) is 4. The monoisotopic (exact) mass is 316 g/mol. The quantitative estimate of drug-likeness (QED) is 0.944. The van der Waals surface area contributed by atoms with Crippen LogP contribution in [0.25, 0.3) is 0 Å². The number of hydrogen-bond donors (Lipinski definition) is 1. The second kappa shape index (κ2) is 6.32. The van der Waals surface area contributed by atoms with Crippen molar-refractivity contribution < 1.29 is 4.79 Å². The van der Waals surface area contributed by atoms with Crippen molar-refractivity contribution in [2.45, 2.75) is 19.8 Å². The van der Waals surface area contributed by atoms with Crippen LogP contribution in [0.15, 0.2) is 30.6 Å². The van der Waals surface area contributed by atoms with Crippen molar-refractivity contribution in [1.82, 2.24) is 9.97 Å². The maximum Gasteiger partial charge on any atom is 0.258 e. The predicted molar refractivity (Wildman–Crippen MR) is 87.6 cm³/mol. The molecule has 1 aliphatic heterocycles. The zero-order valence-electron chi connectivity index (χ0n) is 12.3. The summed E-state index contributed by atoms with van der Waals surface area (Å²) in [6.45, 7) is 3.87. The van der Waals surface area contributed by atoms with Gasteiger partial charge in [0, 0.05) is 36.2 Å². The Hall–Kier alpha value is -2.14. The lowest BCUT2D eigenvalue weighted by Crippen LogP contribution is -2.21. The number of aromatic nitrogens is 2. The number of amides is 1. The number of halogens is 1. The molecule has 1 aliphatic rings. The van der Waals surface area contributed by atoms with Crippen molar-refractivity contribution in [2.75, 3.05) is 23.3 Å². The minimum absolute atomic E-state index is 0.238. The van der Waals surface area contributed by atoms with E-state index < -0.39 is 0 Å². The van der Waals surface area contributed by atoms with Gasteiger partial charge in [-0.3, -0.25) is 4.79 Å². The van der Waals surface area contributed by atoms with Crippen LogP contribution in [0.3, 0.4) is 0 Å². The van der Waals surface area contributed by atoms with Crippen LogP contribution in [0.4, 0.5) is 11.6 Å². The van der Waals surface area contributed by atoms with Crippen LogP contribution in [0.5, 0.6) is 0 Å². The van der Waals surface area contributed by atoms with Crippen molar-refractivity contribution in [3.8, 4) is 0 Å². The first kappa shape index (κ1) is 14.8. The number of nitrogens with one attached hydrogen (secondary N) is 1. The smallest absolute Gasteiger partial charge is 0.258 e. The van der Waals surface area contributed by atoms with Gasteiger partial charge in [-0.15, -0.1) is 0 Å². The van der Waals surface area contributed by atoms with Gasteiger partial charge in [0.2, 0.25) is 5.95 Å². The molecule has 0 saturated carbocycles. The number of nitrogens with zero attached hydrogens (tertiary/aromatic N) is 3. The molecule has 5 nitrogen and oxygen atoms in total. The summed E-state index contributed by atoms with van der Waals surface area (Å²) in [6.07, 6.45) is 5.46. The molecule has 114 valence electrons. The van der Waals surface area contributed by atoms with E-state index in [-0.39, 0.29) is 5.91 Å². The average molecular weight is 317 g/mol. The molecule has 0 aliphatic carbocycles. The van der Waals surface area contributed by atoms with Gasteiger partial charge >= 0.3 is 0 Å². The summed E-state index contributed by atoms with van der Waals surface area (Å²) >= 11 is 5.96. The molecule has 0 unspecified atom stereocenters. The van der Waals surface area contributed by atoms with Crippen LogP contribution in [0, 0.1) is 6.92 Å². The van der Waals surface area contributed by atoms with E-state index in [0.717, 1.165) is 18.7 Å². The number of anilines is 2. The molecule has 6 heteroatoms. The van der Waals surface area contributed by atoms with E-state index in [9.17, 15) is 4.79 Å². The third-order valence-electron chi connectivity index (χ3n) is 3.74. The molecule has 0 radical (unpaired) electrons. The van der Waals surface area contributed by atoms with Gasteiger partial charge in [0.25, 0.3) is 5.91 Å². The van der Waals surface area contributed by atoms with Gasteiger partial charge in [-0.25, -0.2) is 9.97 Å². The lowest BCUT2D eigenvalue weighted by atomic mass is 10.2. The van der Waals surface area contributed by atoms with Gasteiger partial charge in [0.1, 0.15) is 0 Å². The Morgan fingerprint density at radius 1 is 1.23 bits per heavy atom. The zero-order valence-corrected chi connectivity index (χ0v) is 13.1. The summed E-state index contributed by atoms with van der Waals surface area (Å²) in [5.41, 5.74) is 2.08. The van der Waals surface area contributed by atoms with E-state index in [1.54, 1.807) is 24.5 Å². The van der Waals surface area contributed by atoms with Gasteiger partial charge in [-0.1, -0.05) is 17.7 Å². The first-order valence-electron chi connectivity index (χ1n) is 7.28. The lowest BCUT2D eigenvalue weighted by Gasteiger charge is -2.14. The second-order valence-electron chi connectivity index (χ2n) is 5.38. The molecule has 1 aromatic heterocycles. The fourth-order valence-corrected chi connectivity index (χ4v) is 2.61. The number of benzene rings is 1. The summed E-state index contributed by atoms with van der Waals surface area (Å²) in [6, 6.07) is 5.39. The molecule has 1 amide bonds. The van der Waals surface area contributed by atoms with Gasteiger partial charge in [0.15, 0.2) is 0 Å². The number of carbonyl (C=O) groups is 1. The van der Waals surface area contributed by atoms with Crippen LogP contribution >= 0.6 is 11.6 Å². The number of rotatable bonds is 3. The van der Waals surface area contributed by atoms with E-state index in [0.29, 0.717) is 22.2 Å². The van der Waals surface area contributed by atoms with Crippen molar-refractivity contribution in [3.05, 3.63) is 46.7 Å². The molecule has 0 bridgehead atoms. The highest BCUT2D eigenvalue weighted by molar-refractivity contribution is 6.31. The van der Waals surface area contributed by atoms with E-state index in [1.807, 2.05) is 13.0 Å². The number of aryl methyl sites for hydroxylation is 1. The Bertz CT molecular complexity index is 681. The Labute approximate surface area is 134 Å². The second-order valence-corrected chi connectivity index (χ2v) is 5.82. The minimum atomic E-state index is -0.238.